The first-order valence-corrected chi connectivity index (χ1v) is 6.40. The van der Waals surface area contributed by atoms with Gasteiger partial charge in [0.2, 0.25) is 0 Å². The zero-order valence-corrected chi connectivity index (χ0v) is 12.0. The fourth-order valence-corrected chi connectivity index (χ4v) is 1.37. The van der Waals surface area contributed by atoms with Crippen LogP contribution in [0.25, 0.3) is 5.57 Å². The first kappa shape index (κ1) is 16.2. The van der Waals surface area contributed by atoms with Crippen molar-refractivity contribution >= 4 is 5.57 Å². The molecule has 0 radical (unpaired) electrons. The molecule has 1 aromatic rings. The molecule has 0 heteroatoms. The second kappa shape index (κ2) is 9.23. The lowest BCUT2D eigenvalue weighted by molar-refractivity contribution is 1.45. The van der Waals surface area contributed by atoms with Gasteiger partial charge in [-0.2, -0.15) is 0 Å². The highest BCUT2D eigenvalue weighted by Crippen LogP contribution is 2.17. The lowest BCUT2D eigenvalue weighted by atomic mass is 10.0. The van der Waals surface area contributed by atoms with Crippen LogP contribution in [0.3, 0.4) is 0 Å². The molecule has 98 valence electrons. The molecule has 0 aliphatic rings. The molecule has 0 atom stereocenters. The van der Waals surface area contributed by atoms with Gasteiger partial charge < -0.3 is 0 Å². The molecule has 0 N–H and O–H groups in total. The fraction of sp³-hybridized carbons (Fsp3) is 0.222. The maximum Gasteiger partial charge on any atom is 0 e. The van der Waals surface area contributed by atoms with E-state index >= 15 is 0 Å². The van der Waals surface area contributed by atoms with Crippen LogP contribution in [-0.2, 0) is 0 Å². The maximum absolute atomic E-state index is 3.86. The van der Waals surface area contributed by atoms with Crippen molar-refractivity contribution in [1.82, 2.24) is 0 Å². The third-order valence-corrected chi connectivity index (χ3v) is 2.44. The molecule has 0 unspecified atom stereocenters. The van der Waals surface area contributed by atoms with Gasteiger partial charge in [-0.25, -0.2) is 0 Å². The number of allylic oxidation sites excluding steroid dienone is 6. The van der Waals surface area contributed by atoms with Gasteiger partial charge in [0, 0.05) is 1.43 Å². The SMILES string of the molecule is C=CC(=C)/C=C/C(=C/C)c1ccc(C)cc1.CC.[HH]. The highest BCUT2D eigenvalue weighted by atomic mass is 14.0. The largest absolute Gasteiger partial charge is 0.0985 e. The van der Waals surface area contributed by atoms with Crippen LogP contribution in [0.4, 0.5) is 0 Å². The molecule has 1 rings (SSSR count). The number of aryl methyl sites for hydroxylation is 1. The van der Waals surface area contributed by atoms with Gasteiger partial charge in [-0.1, -0.05) is 81.1 Å². The van der Waals surface area contributed by atoms with Crippen molar-refractivity contribution < 1.29 is 1.43 Å². The molecule has 0 amide bonds. The predicted octanol–water partition coefficient (Wildman–Crippen LogP) is 5.97. The fourth-order valence-electron chi connectivity index (χ4n) is 1.37. The van der Waals surface area contributed by atoms with E-state index in [2.05, 4.69) is 56.5 Å². The summed E-state index contributed by atoms with van der Waals surface area (Å²) in [6.07, 6.45) is 7.88. The minimum absolute atomic E-state index is 0. The summed E-state index contributed by atoms with van der Waals surface area (Å²) in [4.78, 5) is 0. The van der Waals surface area contributed by atoms with Gasteiger partial charge in [0.25, 0.3) is 0 Å². The molecule has 1 aromatic carbocycles. The molecule has 0 spiro atoms. The molecule has 18 heavy (non-hydrogen) atoms. The van der Waals surface area contributed by atoms with E-state index < -0.39 is 0 Å². The van der Waals surface area contributed by atoms with E-state index in [1.165, 1.54) is 16.7 Å². The van der Waals surface area contributed by atoms with Crippen LogP contribution in [0.2, 0.25) is 0 Å². The normalized spacial score (nSPS) is 10.8. The molecule has 0 aliphatic heterocycles. The number of hydrogen-bond acceptors (Lipinski definition) is 0. The summed E-state index contributed by atoms with van der Waals surface area (Å²) in [6, 6.07) is 8.50. The second-order valence-electron chi connectivity index (χ2n) is 3.72. The summed E-state index contributed by atoms with van der Waals surface area (Å²) in [5.41, 5.74) is 4.62. The molecule has 0 saturated heterocycles. The Labute approximate surface area is 114 Å². The van der Waals surface area contributed by atoms with E-state index in [0.717, 1.165) is 5.57 Å². The average Bonchev–Trinajstić information content (AvgIpc) is 2.43. The third kappa shape index (κ3) is 5.49. The number of benzene rings is 1. The maximum atomic E-state index is 3.86. The van der Waals surface area contributed by atoms with Crippen molar-refractivity contribution in [3.8, 4) is 0 Å². The first-order chi connectivity index (χ1) is 8.67. The van der Waals surface area contributed by atoms with Crippen molar-refractivity contribution in [3.05, 3.63) is 78.4 Å². The minimum atomic E-state index is 0. The molecule has 0 bridgehead atoms. The summed E-state index contributed by atoms with van der Waals surface area (Å²) in [5, 5.41) is 0. The van der Waals surface area contributed by atoms with Crippen LogP contribution in [0, 0.1) is 6.92 Å². The van der Waals surface area contributed by atoms with E-state index in [4.69, 9.17) is 0 Å². The summed E-state index contributed by atoms with van der Waals surface area (Å²) in [7, 11) is 0. The molecule has 0 fully saturated rings. The van der Waals surface area contributed by atoms with Gasteiger partial charge >= 0.3 is 0 Å². The third-order valence-electron chi connectivity index (χ3n) is 2.44. The van der Waals surface area contributed by atoms with Crippen LogP contribution < -0.4 is 0 Å². The lowest BCUT2D eigenvalue weighted by Gasteiger charge is -2.02. The smallest absolute Gasteiger partial charge is 0 e. The summed E-state index contributed by atoms with van der Waals surface area (Å²) >= 11 is 0. The lowest BCUT2D eigenvalue weighted by Crippen LogP contribution is -1.81. The highest BCUT2D eigenvalue weighted by Gasteiger charge is 1.95. The zero-order chi connectivity index (χ0) is 14.0. The van der Waals surface area contributed by atoms with E-state index in [1.54, 1.807) is 6.08 Å². The Bertz CT molecular complexity index is 433. The summed E-state index contributed by atoms with van der Waals surface area (Å²) in [6.45, 7) is 15.7. The van der Waals surface area contributed by atoms with Crippen LogP contribution >= 0.6 is 0 Å². The zero-order valence-electron chi connectivity index (χ0n) is 12.0. The van der Waals surface area contributed by atoms with Crippen molar-refractivity contribution in [2.75, 3.05) is 0 Å². The average molecular weight is 242 g/mol. The van der Waals surface area contributed by atoms with E-state index in [1.807, 2.05) is 26.8 Å². The monoisotopic (exact) mass is 242 g/mol. The van der Waals surface area contributed by atoms with E-state index in [0.29, 0.717) is 0 Å². The first-order valence-electron chi connectivity index (χ1n) is 6.40. The molecular weight excluding hydrogens is 216 g/mol. The Morgan fingerprint density at radius 1 is 1.11 bits per heavy atom. The number of hydrogen-bond donors (Lipinski definition) is 0. The van der Waals surface area contributed by atoms with Crippen LogP contribution in [0.1, 0.15) is 33.3 Å². The minimum Gasteiger partial charge on any atom is -0.0985 e. The molecule has 0 aromatic heterocycles. The van der Waals surface area contributed by atoms with Crippen molar-refractivity contribution in [3.63, 3.8) is 0 Å². The molecule has 0 aliphatic carbocycles. The Kier molecular flexibility index (Phi) is 8.30. The van der Waals surface area contributed by atoms with Crippen LogP contribution in [0.5, 0.6) is 0 Å². The second-order valence-corrected chi connectivity index (χ2v) is 3.72. The van der Waals surface area contributed by atoms with E-state index in [9.17, 15) is 0 Å². The Morgan fingerprint density at radius 2 is 1.67 bits per heavy atom. The standard InChI is InChI=1S/C16H18.C2H6.H2/c1-5-13(3)7-10-15(6-2)16-11-8-14(4)9-12-16;1-2;/h5-12H,1,3H2,2,4H3;1-2H3;1H/b10-7+,15-6-;;. The molecule has 0 saturated carbocycles. The van der Waals surface area contributed by atoms with Crippen molar-refractivity contribution in [2.45, 2.75) is 27.7 Å². The highest BCUT2D eigenvalue weighted by molar-refractivity contribution is 5.74. The summed E-state index contributed by atoms with van der Waals surface area (Å²) in [5.74, 6) is 0. The van der Waals surface area contributed by atoms with Gasteiger partial charge in [0.15, 0.2) is 0 Å². The Hall–Kier alpha value is -1.82. The van der Waals surface area contributed by atoms with Crippen molar-refractivity contribution in [2.24, 2.45) is 0 Å². The van der Waals surface area contributed by atoms with Gasteiger partial charge in [-0.05, 0) is 30.6 Å². The topological polar surface area (TPSA) is 0 Å². The van der Waals surface area contributed by atoms with Crippen LogP contribution in [-0.4, -0.2) is 0 Å². The van der Waals surface area contributed by atoms with Gasteiger partial charge in [-0.15, -0.1) is 0 Å². The van der Waals surface area contributed by atoms with Gasteiger partial charge in [0.05, 0.1) is 0 Å². The number of rotatable bonds is 4. The molecule has 0 nitrogen and oxygen atoms in total. The van der Waals surface area contributed by atoms with Gasteiger partial charge in [-0.3, -0.25) is 0 Å². The molecular formula is C18H26. The Balaban J connectivity index is 0. The quantitative estimate of drug-likeness (QED) is 0.571. The van der Waals surface area contributed by atoms with Gasteiger partial charge in [0.1, 0.15) is 0 Å². The Morgan fingerprint density at radius 3 is 2.11 bits per heavy atom. The molecule has 0 heterocycles. The summed E-state index contributed by atoms with van der Waals surface area (Å²) < 4.78 is 0. The predicted molar refractivity (Wildman–Crippen MR) is 86.8 cm³/mol. The van der Waals surface area contributed by atoms with Crippen molar-refractivity contribution in [1.29, 1.82) is 0 Å². The van der Waals surface area contributed by atoms with E-state index in [-0.39, 0.29) is 1.43 Å². The van der Waals surface area contributed by atoms with Crippen LogP contribution in [0.15, 0.2) is 67.3 Å².